The molecule has 2 aromatic carbocycles. The number of methoxy groups -OCH3 is 2. The first-order valence-corrected chi connectivity index (χ1v) is 11.1. The van der Waals surface area contributed by atoms with Crippen LogP contribution in [0.15, 0.2) is 47.4 Å². The zero-order chi connectivity index (χ0) is 24.8. The second-order valence-electron chi connectivity index (χ2n) is 6.99. The van der Waals surface area contributed by atoms with Crippen LogP contribution in [-0.2, 0) is 19.1 Å². The van der Waals surface area contributed by atoms with Gasteiger partial charge in [0.05, 0.1) is 24.1 Å². The van der Waals surface area contributed by atoms with Crippen LogP contribution in [0.4, 0.5) is 10.5 Å². The van der Waals surface area contributed by atoms with Crippen LogP contribution in [0.25, 0.3) is 6.08 Å². The molecule has 0 spiro atoms. The van der Waals surface area contributed by atoms with Crippen molar-refractivity contribution in [1.82, 2.24) is 4.90 Å². The van der Waals surface area contributed by atoms with Crippen LogP contribution >= 0.6 is 23.4 Å². The molecule has 178 valence electrons. The predicted molar refractivity (Wildman–Crippen MR) is 128 cm³/mol. The fourth-order valence-electron chi connectivity index (χ4n) is 3.06. The molecule has 11 heteroatoms. The molecule has 1 aliphatic rings. The highest BCUT2D eigenvalue weighted by Crippen LogP contribution is 2.39. The van der Waals surface area contributed by atoms with E-state index >= 15 is 0 Å². The van der Waals surface area contributed by atoms with Gasteiger partial charge in [0, 0.05) is 5.69 Å². The van der Waals surface area contributed by atoms with Crippen molar-refractivity contribution in [3.05, 3.63) is 58.0 Å². The molecule has 1 fully saturated rings. The fourth-order valence-corrected chi connectivity index (χ4v) is 4.24. The summed E-state index contributed by atoms with van der Waals surface area (Å²) in [7, 11) is 2.58. The lowest BCUT2D eigenvalue weighted by Gasteiger charge is -2.18. The SMILES string of the molecule is COC(=O)[C@H](C)N1C(=O)S/C(=C/c2cc(Cl)c(OCC(=O)Nc3ccccc3)c(OC)c2)C1=O. The molecule has 2 aromatic rings. The molecule has 0 bridgehead atoms. The molecule has 0 aromatic heterocycles. The van der Waals surface area contributed by atoms with Crippen LogP contribution in [0.3, 0.4) is 0 Å². The number of benzene rings is 2. The summed E-state index contributed by atoms with van der Waals surface area (Å²) in [5, 5.41) is 2.25. The summed E-state index contributed by atoms with van der Waals surface area (Å²) >= 11 is 7.04. The van der Waals surface area contributed by atoms with E-state index < -0.39 is 23.2 Å². The van der Waals surface area contributed by atoms with Gasteiger partial charge in [-0.05, 0) is 54.6 Å². The summed E-state index contributed by atoms with van der Waals surface area (Å²) in [5.74, 6) is -1.33. The fraction of sp³-hybridized carbons (Fsp3) is 0.217. The smallest absolute Gasteiger partial charge is 0.328 e. The number of para-hydroxylation sites is 1. The number of halogens is 1. The third-order valence-electron chi connectivity index (χ3n) is 4.71. The van der Waals surface area contributed by atoms with E-state index in [1.807, 2.05) is 6.07 Å². The number of imide groups is 1. The Morgan fingerprint density at radius 3 is 2.53 bits per heavy atom. The number of amides is 3. The van der Waals surface area contributed by atoms with Gasteiger partial charge in [0.2, 0.25) is 0 Å². The molecular formula is C23H21ClN2O7S. The van der Waals surface area contributed by atoms with Crippen molar-refractivity contribution in [2.75, 3.05) is 26.1 Å². The highest BCUT2D eigenvalue weighted by molar-refractivity contribution is 8.18. The van der Waals surface area contributed by atoms with Crippen LogP contribution in [-0.4, -0.2) is 54.8 Å². The molecule has 0 aliphatic carbocycles. The minimum absolute atomic E-state index is 0.106. The topological polar surface area (TPSA) is 111 Å². The number of anilines is 1. The number of nitrogens with zero attached hydrogens (tertiary/aromatic N) is 1. The minimum Gasteiger partial charge on any atom is -0.493 e. The van der Waals surface area contributed by atoms with E-state index in [4.69, 9.17) is 21.1 Å². The zero-order valence-electron chi connectivity index (χ0n) is 18.5. The van der Waals surface area contributed by atoms with Gasteiger partial charge in [-0.25, -0.2) is 4.79 Å². The van der Waals surface area contributed by atoms with E-state index in [0.29, 0.717) is 23.0 Å². The van der Waals surface area contributed by atoms with Gasteiger partial charge in [-0.3, -0.25) is 19.3 Å². The molecule has 1 heterocycles. The molecule has 1 aliphatic heterocycles. The van der Waals surface area contributed by atoms with Gasteiger partial charge in [0.15, 0.2) is 18.1 Å². The molecule has 0 unspecified atom stereocenters. The first-order chi connectivity index (χ1) is 16.2. The average Bonchev–Trinajstić information content (AvgIpc) is 3.10. The summed E-state index contributed by atoms with van der Waals surface area (Å²) in [6.45, 7) is 1.10. The number of hydrogen-bond acceptors (Lipinski definition) is 8. The molecule has 9 nitrogen and oxygen atoms in total. The summed E-state index contributed by atoms with van der Waals surface area (Å²) in [4.78, 5) is 49.9. The highest BCUT2D eigenvalue weighted by atomic mass is 35.5. The van der Waals surface area contributed by atoms with Crippen molar-refractivity contribution in [2.24, 2.45) is 0 Å². The highest BCUT2D eigenvalue weighted by Gasteiger charge is 2.41. The second kappa shape index (κ2) is 11.1. The Labute approximate surface area is 205 Å². The Bertz CT molecular complexity index is 1150. The van der Waals surface area contributed by atoms with Gasteiger partial charge >= 0.3 is 5.97 Å². The van der Waals surface area contributed by atoms with E-state index in [9.17, 15) is 19.2 Å². The first-order valence-electron chi connectivity index (χ1n) is 9.95. The summed E-state index contributed by atoms with van der Waals surface area (Å²) in [5.41, 5.74) is 1.08. The Morgan fingerprint density at radius 2 is 1.88 bits per heavy atom. The lowest BCUT2D eigenvalue weighted by molar-refractivity contribution is -0.148. The van der Waals surface area contributed by atoms with Crippen molar-refractivity contribution in [1.29, 1.82) is 0 Å². The number of nitrogens with one attached hydrogen (secondary N) is 1. The number of carbonyl (C=O) groups excluding carboxylic acids is 4. The van der Waals surface area contributed by atoms with Crippen molar-refractivity contribution in [2.45, 2.75) is 13.0 Å². The molecule has 3 amide bonds. The van der Waals surface area contributed by atoms with E-state index in [-0.39, 0.29) is 33.9 Å². The van der Waals surface area contributed by atoms with Gasteiger partial charge in [0.1, 0.15) is 6.04 Å². The van der Waals surface area contributed by atoms with Crippen LogP contribution in [0, 0.1) is 0 Å². The van der Waals surface area contributed by atoms with Crippen LogP contribution < -0.4 is 14.8 Å². The number of carbonyl (C=O) groups is 4. The Kier molecular flexibility index (Phi) is 8.19. The lowest BCUT2D eigenvalue weighted by atomic mass is 10.1. The molecule has 34 heavy (non-hydrogen) atoms. The van der Waals surface area contributed by atoms with Gasteiger partial charge in [0.25, 0.3) is 17.1 Å². The minimum atomic E-state index is -1.06. The Hall–Kier alpha value is -3.50. The normalized spacial score (nSPS) is 15.3. The number of thioether (sulfide) groups is 1. The van der Waals surface area contributed by atoms with Crippen LogP contribution in [0.2, 0.25) is 5.02 Å². The molecule has 0 saturated carbocycles. The van der Waals surface area contributed by atoms with Crippen molar-refractivity contribution in [3.8, 4) is 11.5 Å². The maximum atomic E-state index is 12.7. The molecule has 1 N–H and O–H groups in total. The molecule has 1 atom stereocenters. The number of hydrogen-bond donors (Lipinski definition) is 1. The Morgan fingerprint density at radius 1 is 1.18 bits per heavy atom. The third kappa shape index (κ3) is 5.70. The van der Waals surface area contributed by atoms with Crippen molar-refractivity contribution in [3.63, 3.8) is 0 Å². The van der Waals surface area contributed by atoms with Gasteiger partial charge in [-0.15, -0.1) is 0 Å². The monoisotopic (exact) mass is 504 g/mol. The lowest BCUT2D eigenvalue weighted by Crippen LogP contribution is -2.42. The summed E-state index contributed by atoms with van der Waals surface area (Å²) in [6, 6.07) is 10.9. The zero-order valence-corrected chi connectivity index (χ0v) is 20.1. The summed E-state index contributed by atoms with van der Waals surface area (Å²) in [6.07, 6.45) is 1.45. The van der Waals surface area contributed by atoms with E-state index in [2.05, 4.69) is 10.1 Å². The molecular weight excluding hydrogens is 484 g/mol. The van der Waals surface area contributed by atoms with Crippen molar-refractivity contribution >= 4 is 58.1 Å². The third-order valence-corrected chi connectivity index (χ3v) is 5.87. The molecule has 0 radical (unpaired) electrons. The van der Waals surface area contributed by atoms with Crippen molar-refractivity contribution < 1.29 is 33.4 Å². The Balaban J connectivity index is 1.76. The van der Waals surface area contributed by atoms with E-state index in [0.717, 1.165) is 4.90 Å². The average molecular weight is 505 g/mol. The van der Waals surface area contributed by atoms with Crippen LogP contribution in [0.1, 0.15) is 12.5 Å². The predicted octanol–water partition coefficient (Wildman–Crippen LogP) is 3.96. The maximum Gasteiger partial charge on any atom is 0.328 e. The largest absolute Gasteiger partial charge is 0.493 e. The van der Waals surface area contributed by atoms with E-state index in [1.54, 1.807) is 30.3 Å². The maximum absolute atomic E-state index is 12.7. The first kappa shape index (κ1) is 25.1. The molecule has 1 saturated heterocycles. The summed E-state index contributed by atoms with van der Waals surface area (Å²) < 4.78 is 15.5. The number of ether oxygens (including phenoxy) is 3. The number of rotatable bonds is 8. The number of esters is 1. The quantitative estimate of drug-likeness (QED) is 0.424. The van der Waals surface area contributed by atoms with Gasteiger partial charge in [-0.1, -0.05) is 29.8 Å². The van der Waals surface area contributed by atoms with E-state index in [1.165, 1.54) is 33.3 Å². The van der Waals surface area contributed by atoms with Gasteiger partial charge < -0.3 is 19.5 Å². The van der Waals surface area contributed by atoms with Crippen LogP contribution in [0.5, 0.6) is 11.5 Å². The van der Waals surface area contributed by atoms with Gasteiger partial charge in [-0.2, -0.15) is 0 Å². The molecule has 3 rings (SSSR count). The standard InChI is InChI=1S/C23H21ClN2O7S/c1-13(22(29)32-3)26-21(28)18(34-23(26)30)11-14-9-16(24)20(17(10-14)31-2)33-12-19(27)25-15-7-5-4-6-8-15/h4-11,13H,12H2,1-3H3,(H,25,27)/b18-11+/t13-/m0/s1. The second-order valence-corrected chi connectivity index (χ2v) is 8.39.